The first-order valence-corrected chi connectivity index (χ1v) is 9.59. The standard InChI is InChI=1S/C18H22N4O2S/c23-17(22-11-10-18(24)9-5-4-8-14(18)12-22)20-16-19-15(21-25-16)13-6-2-1-3-7-13/h1-3,6-7,14,24H,4-5,8-12H2,(H,19,20,21,23)/t14-,18-/m0/s1. The molecule has 7 heteroatoms. The van der Waals surface area contributed by atoms with Gasteiger partial charge in [0.15, 0.2) is 5.82 Å². The molecular formula is C18H22N4O2S. The summed E-state index contributed by atoms with van der Waals surface area (Å²) in [5.74, 6) is 0.816. The van der Waals surface area contributed by atoms with E-state index in [2.05, 4.69) is 14.7 Å². The topological polar surface area (TPSA) is 78.4 Å². The van der Waals surface area contributed by atoms with Crippen molar-refractivity contribution in [2.45, 2.75) is 37.7 Å². The fraction of sp³-hybridized carbons (Fsp3) is 0.500. The predicted molar refractivity (Wildman–Crippen MR) is 97.5 cm³/mol. The second-order valence-electron chi connectivity index (χ2n) is 6.96. The van der Waals surface area contributed by atoms with E-state index in [1.807, 2.05) is 30.3 Å². The molecule has 1 aromatic carbocycles. The lowest BCUT2D eigenvalue weighted by molar-refractivity contribution is -0.0863. The molecule has 6 nitrogen and oxygen atoms in total. The normalized spacial score (nSPS) is 26.1. The summed E-state index contributed by atoms with van der Waals surface area (Å²) in [6.45, 7) is 1.20. The average molecular weight is 358 g/mol. The zero-order chi connectivity index (χ0) is 17.3. The molecule has 2 fully saturated rings. The number of carbonyl (C=O) groups is 1. The van der Waals surface area contributed by atoms with E-state index in [4.69, 9.17) is 0 Å². The largest absolute Gasteiger partial charge is 0.389 e. The highest BCUT2D eigenvalue weighted by Gasteiger charge is 2.43. The van der Waals surface area contributed by atoms with Gasteiger partial charge in [-0.2, -0.15) is 9.36 Å². The quantitative estimate of drug-likeness (QED) is 0.863. The Bertz CT molecular complexity index is 751. The number of rotatable bonds is 2. The summed E-state index contributed by atoms with van der Waals surface area (Å²) < 4.78 is 4.32. The minimum Gasteiger partial charge on any atom is -0.389 e. The smallest absolute Gasteiger partial charge is 0.323 e. The lowest BCUT2D eigenvalue weighted by Gasteiger charge is -2.47. The highest BCUT2D eigenvalue weighted by molar-refractivity contribution is 7.10. The monoisotopic (exact) mass is 358 g/mol. The van der Waals surface area contributed by atoms with Crippen molar-refractivity contribution in [3.05, 3.63) is 30.3 Å². The summed E-state index contributed by atoms with van der Waals surface area (Å²) in [6, 6.07) is 9.57. The molecule has 1 saturated carbocycles. The molecule has 0 bridgehead atoms. The number of aliphatic hydroxyl groups is 1. The molecule has 2 aromatic rings. The molecule has 1 aromatic heterocycles. The van der Waals surface area contributed by atoms with E-state index in [-0.39, 0.29) is 11.9 Å². The van der Waals surface area contributed by atoms with Crippen LogP contribution in [0.15, 0.2) is 30.3 Å². The molecule has 2 heterocycles. The van der Waals surface area contributed by atoms with Crippen LogP contribution in [0.2, 0.25) is 0 Å². The number of urea groups is 1. The summed E-state index contributed by atoms with van der Waals surface area (Å²) in [4.78, 5) is 18.8. The summed E-state index contributed by atoms with van der Waals surface area (Å²) in [5.41, 5.74) is 0.364. The Morgan fingerprint density at radius 3 is 2.96 bits per heavy atom. The van der Waals surface area contributed by atoms with Crippen molar-refractivity contribution in [2.24, 2.45) is 5.92 Å². The van der Waals surface area contributed by atoms with Crippen LogP contribution in [-0.4, -0.2) is 44.1 Å². The van der Waals surface area contributed by atoms with Crippen LogP contribution in [0.3, 0.4) is 0 Å². The highest BCUT2D eigenvalue weighted by Crippen LogP contribution is 2.39. The molecule has 2 amide bonds. The van der Waals surface area contributed by atoms with Crippen molar-refractivity contribution in [1.82, 2.24) is 14.3 Å². The van der Waals surface area contributed by atoms with E-state index in [0.717, 1.165) is 31.2 Å². The minimum absolute atomic E-state index is 0.150. The van der Waals surface area contributed by atoms with E-state index in [1.54, 1.807) is 4.90 Å². The van der Waals surface area contributed by atoms with Gasteiger partial charge in [0.1, 0.15) is 0 Å². The van der Waals surface area contributed by atoms with Crippen molar-refractivity contribution in [1.29, 1.82) is 0 Å². The van der Waals surface area contributed by atoms with Gasteiger partial charge in [0.2, 0.25) is 5.13 Å². The van der Waals surface area contributed by atoms with Gasteiger partial charge in [0.25, 0.3) is 0 Å². The van der Waals surface area contributed by atoms with Crippen LogP contribution in [0.1, 0.15) is 32.1 Å². The van der Waals surface area contributed by atoms with E-state index in [9.17, 15) is 9.90 Å². The van der Waals surface area contributed by atoms with Crippen LogP contribution < -0.4 is 5.32 Å². The lowest BCUT2D eigenvalue weighted by atomic mass is 9.71. The molecule has 2 atom stereocenters. The predicted octanol–water partition coefficient (Wildman–Crippen LogP) is 3.36. The van der Waals surface area contributed by atoms with Gasteiger partial charge in [-0.25, -0.2) is 4.79 Å². The number of fused-ring (bicyclic) bond motifs is 1. The van der Waals surface area contributed by atoms with E-state index in [0.29, 0.717) is 30.5 Å². The zero-order valence-corrected chi connectivity index (χ0v) is 14.8. The van der Waals surface area contributed by atoms with Gasteiger partial charge >= 0.3 is 6.03 Å². The molecule has 2 aliphatic rings. The average Bonchev–Trinajstić information content (AvgIpc) is 3.10. The summed E-state index contributed by atoms with van der Waals surface area (Å²) in [7, 11) is 0. The Labute approximate surface area is 151 Å². The minimum atomic E-state index is -0.571. The van der Waals surface area contributed by atoms with Crippen LogP contribution >= 0.6 is 11.5 Å². The Hall–Kier alpha value is -1.99. The number of likely N-dealkylation sites (tertiary alicyclic amines) is 1. The first-order chi connectivity index (χ1) is 12.1. The van der Waals surface area contributed by atoms with Gasteiger partial charge in [-0.3, -0.25) is 5.32 Å². The van der Waals surface area contributed by atoms with Crippen LogP contribution in [0.5, 0.6) is 0 Å². The number of piperidine rings is 1. The number of aromatic nitrogens is 2. The number of nitrogens with zero attached hydrogens (tertiary/aromatic N) is 3. The molecule has 132 valence electrons. The Kier molecular flexibility index (Phi) is 4.43. The fourth-order valence-corrected chi connectivity index (χ4v) is 4.48. The second kappa shape index (κ2) is 6.72. The van der Waals surface area contributed by atoms with Gasteiger partial charge in [0.05, 0.1) is 5.60 Å². The number of anilines is 1. The van der Waals surface area contributed by atoms with E-state index in [1.165, 1.54) is 11.5 Å². The number of benzene rings is 1. The molecule has 0 radical (unpaired) electrons. The Morgan fingerprint density at radius 1 is 1.28 bits per heavy atom. The van der Waals surface area contributed by atoms with Crippen molar-refractivity contribution < 1.29 is 9.90 Å². The van der Waals surface area contributed by atoms with Crippen molar-refractivity contribution in [3.8, 4) is 11.4 Å². The number of carbonyl (C=O) groups excluding carboxylic acids is 1. The maximum atomic E-state index is 12.6. The molecule has 0 spiro atoms. The molecule has 1 saturated heterocycles. The van der Waals surface area contributed by atoms with E-state index < -0.39 is 5.60 Å². The third kappa shape index (κ3) is 3.39. The molecule has 4 rings (SSSR count). The third-order valence-corrected chi connectivity index (χ3v) is 6.02. The number of hydrogen-bond donors (Lipinski definition) is 2. The summed E-state index contributed by atoms with van der Waals surface area (Å²) >= 11 is 1.19. The first kappa shape index (κ1) is 16.5. The molecule has 0 unspecified atom stereocenters. The van der Waals surface area contributed by atoms with Crippen molar-refractivity contribution in [3.63, 3.8) is 0 Å². The van der Waals surface area contributed by atoms with Gasteiger partial charge < -0.3 is 10.0 Å². The van der Waals surface area contributed by atoms with Crippen LogP contribution in [0, 0.1) is 5.92 Å². The Balaban J connectivity index is 1.40. The second-order valence-corrected chi connectivity index (χ2v) is 7.71. The molecule has 1 aliphatic heterocycles. The van der Waals surface area contributed by atoms with E-state index >= 15 is 0 Å². The number of nitrogens with one attached hydrogen (secondary N) is 1. The lowest BCUT2D eigenvalue weighted by Crippen LogP contribution is -2.55. The number of hydrogen-bond acceptors (Lipinski definition) is 5. The van der Waals surface area contributed by atoms with Crippen molar-refractivity contribution >= 4 is 22.7 Å². The van der Waals surface area contributed by atoms with Crippen LogP contribution in [0.25, 0.3) is 11.4 Å². The summed E-state index contributed by atoms with van der Waals surface area (Å²) in [5, 5.41) is 14.1. The summed E-state index contributed by atoms with van der Waals surface area (Å²) in [6.07, 6.45) is 4.75. The van der Waals surface area contributed by atoms with Crippen LogP contribution in [0.4, 0.5) is 9.93 Å². The molecule has 1 aliphatic carbocycles. The van der Waals surface area contributed by atoms with Crippen molar-refractivity contribution in [2.75, 3.05) is 18.4 Å². The third-order valence-electron chi connectivity index (χ3n) is 5.39. The maximum Gasteiger partial charge on any atom is 0.323 e. The fourth-order valence-electron chi connectivity index (χ4n) is 3.90. The SMILES string of the molecule is O=C(Nc1nc(-c2ccccc2)ns1)N1CC[C@@]2(O)CCCC[C@H]2C1. The van der Waals surface area contributed by atoms with Crippen LogP contribution in [-0.2, 0) is 0 Å². The maximum absolute atomic E-state index is 12.6. The molecular weight excluding hydrogens is 336 g/mol. The number of amides is 2. The molecule has 25 heavy (non-hydrogen) atoms. The van der Waals surface area contributed by atoms with Gasteiger partial charge in [-0.15, -0.1) is 0 Å². The molecule has 2 N–H and O–H groups in total. The zero-order valence-electron chi connectivity index (χ0n) is 14.0. The van der Waals surface area contributed by atoms with Gasteiger partial charge in [0, 0.05) is 36.1 Å². The highest BCUT2D eigenvalue weighted by atomic mass is 32.1. The van der Waals surface area contributed by atoms with Gasteiger partial charge in [-0.05, 0) is 19.3 Å². The van der Waals surface area contributed by atoms with Gasteiger partial charge in [-0.1, -0.05) is 43.2 Å². The Morgan fingerprint density at radius 2 is 2.12 bits per heavy atom. The first-order valence-electron chi connectivity index (χ1n) is 8.81.